The van der Waals surface area contributed by atoms with Crippen molar-refractivity contribution in [1.29, 1.82) is 0 Å². The summed E-state index contributed by atoms with van der Waals surface area (Å²) in [5, 5.41) is 5.22. The predicted octanol–water partition coefficient (Wildman–Crippen LogP) is 3.14. The van der Waals surface area contributed by atoms with E-state index in [2.05, 4.69) is 10.7 Å². The van der Waals surface area contributed by atoms with Crippen LogP contribution in [0, 0.1) is 0 Å². The summed E-state index contributed by atoms with van der Waals surface area (Å²) in [4.78, 5) is 25.7. The third-order valence-corrected chi connectivity index (χ3v) is 5.39. The lowest BCUT2D eigenvalue weighted by molar-refractivity contribution is -0.144. The quantitative estimate of drug-likeness (QED) is 0.840. The van der Waals surface area contributed by atoms with Gasteiger partial charge in [0, 0.05) is 23.9 Å². The fourth-order valence-electron chi connectivity index (χ4n) is 2.81. The Hall–Kier alpha value is -1.86. The molecule has 2 amide bonds. The highest BCUT2D eigenvalue weighted by molar-refractivity contribution is 8.04. The Kier molecular flexibility index (Phi) is 4.17. The second-order valence-electron chi connectivity index (χ2n) is 6.32. The van der Waals surface area contributed by atoms with Gasteiger partial charge in [0.05, 0.1) is 28.3 Å². The molecule has 2 N–H and O–H groups in total. The van der Waals surface area contributed by atoms with Crippen LogP contribution in [0.2, 0.25) is 5.02 Å². The van der Waals surface area contributed by atoms with Crippen molar-refractivity contribution in [2.24, 2.45) is 0 Å². The molecule has 0 fully saturated rings. The Balaban J connectivity index is 1.99. The summed E-state index contributed by atoms with van der Waals surface area (Å²) in [6, 6.07) is 3.60. The summed E-state index contributed by atoms with van der Waals surface area (Å²) in [6.07, 6.45) is 0.588. The van der Waals surface area contributed by atoms with Gasteiger partial charge in [-0.1, -0.05) is 23.4 Å². The number of methoxy groups -OCH3 is 1. The number of nitrogens with one attached hydrogen (secondary N) is 2. The van der Waals surface area contributed by atoms with Crippen molar-refractivity contribution in [3.8, 4) is 5.75 Å². The van der Waals surface area contributed by atoms with Gasteiger partial charge in [-0.15, -0.1) is 0 Å². The first kappa shape index (κ1) is 17.0. The van der Waals surface area contributed by atoms with Crippen molar-refractivity contribution in [2.45, 2.75) is 37.6 Å². The van der Waals surface area contributed by atoms with Crippen LogP contribution in [-0.2, 0) is 9.59 Å². The van der Waals surface area contributed by atoms with E-state index in [9.17, 15) is 9.59 Å². The normalized spacial score (nSPS) is 18.5. The van der Waals surface area contributed by atoms with Crippen LogP contribution in [0.5, 0.6) is 5.75 Å². The standard InChI is InChI=1S/C16H18ClN3O3S/c1-8(21)19-20-15(22)14-11(7-16(20,2)3)18-10-5-9(17)12(23-4)6-13(10)24-14/h5-6,18H,7H2,1-4H3,(H,19,21). The molecule has 128 valence electrons. The summed E-state index contributed by atoms with van der Waals surface area (Å²) in [5.74, 6) is 0.0488. The van der Waals surface area contributed by atoms with Gasteiger partial charge in [0.1, 0.15) is 5.75 Å². The number of hydrogen-bond donors (Lipinski definition) is 2. The molecule has 0 aliphatic carbocycles. The van der Waals surface area contributed by atoms with Crippen molar-refractivity contribution in [1.82, 2.24) is 10.4 Å². The first-order chi connectivity index (χ1) is 11.2. The van der Waals surface area contributed by atoms with Crippen LogP contribution < -0.4 is 15.5 Å². The van der Waals surface area contributed by atoms with E-state index < -0.39 is 5.54 Å². The maximum absolute atomic E-state index is 12.9. The Morgan fingerprint density at radius 1 is 1.46 bits per heavy atom. The fourth-order valence-corrected chi connectivity index (χ4v) is 4.08. The molecule has 0 bridgehead atoms. The number of nitrogens with zero attached hydrogens (tertiary/aromatic N) is 1. The number of rotatable bonds is 2. The second kappa shape index (κ2) is 5.89. The monoisotopic (exact) mass is 367 g/mol. The zero-order chi connectivity index (χ0) is 17.6. The number of hydrogen-bond acceptors (Lipinski definition) is 5. The topological polar surface area (TPSA) is 70.7 Å². The fraction of sp³-hybridized carbons (Fsp3) is 0.375. The molecule has 0 unspecified atom stereocenters. The van der Waals surface area contributed by atoms with Crippen LogP contribution in [-0.4, -0.2) is 29.5 Å². The largest absolute Gasteiger partial charge is 0.495 e. The van der Waals surface area contributed by atoms with Crippen molar-refractivity contribution in [3.05, 3.63) is 27.8 Å². The molecule has 0 spiro atoms. The van der Waals surface area contributed by atoms with Gasteiger partial charge < -0.3 is 10.1 Å². The summed E-state index contributed by atoms with van der Waals surface area (Å²) in [7, 11) is 1.55. The minimum atomic E-state index is -0.539. The van der Waals surface area contributed by atoms with Crippen LogP contribution in [0.1, 0.15) is 27.2 Å². The van der Waals surface area contributed by atoms with Gasteiger partial charge in [0.25, 0.3) is 5.91 Å². The molecule has 2 heterocycles. The highest BCUT2D eigenvalue weighted by Gasteiger charge is 2.42. The number of halogens is 1. The van der Waals surface area contributed by atoms with Crippen LogP contribution in [0.4, 0.5) is 5.69 Å². The number of anilines is 1. The lowest BCUT2D eigenvalue weighted by Crippen LogP contribution is -2.59. The molecular weight excluding hydrogens is 350 g/mol. The van der Waals surface area contributed by atoms with E-state index in [1.165, 1.54) is 23.7 Å². The van der Waals surface area contributed by atoms with Gasteiger partial charge in [-0.25, -0.2) is 5.01 Å². The van der Waals surface area contributed by atoms with Crippen molar-refractivity contribution in [2.75, 3.05) is 12.4 Å². The number of amides is 2. The first-order valence-corrected chi connectivity index (χ1v) is 8.59. The number of fused-ring (bicyclic) bond motifs is 1. The maximum atomic E-state index is 12.9. The Morgan fingerprint density at radius 3 is 2.79 bits per heavy atom. The maximum Gasteiger partial charge on any atom is 0.281 e. The van der Waals surface area contributed by atoms with E-state index in [1.807, 2.05) is 13.8 Å². The highest BCUT2D eigenvalue weighted by atomic mass is 35.5. The summed E-state index contributed by atoms with van der Waals surface area (Å²) in [5.41, 5.74) is 3.78. The number of hydrazine groups is 1. The number of benzene rings is 1. The molecule has 0 atom stereocenters. The Morgan fingerprint density at radius 2 is 2.17 bits per heavy atom. The zero-order valence-electron chi connectivity index (χ0n) is 13.8. The molecule has 1 aromatic rings. The molecule has 2 aliphatic rings. The second-order valence-corrected chi connectivity index (χ2v) is 7.77. The van der Waals surface area contributed by atoms with Crippen LogP contribution in [0.25, 0.3) is 0 Å². The third-order valence-electron chi connectivity index (χ3n) is 3.91. The lowest BCUT2D eigenvalue weighted by atomic mass is 9.93. The molecular formula is C16H18ClN3O3S. The van der Waals surface area contributed by atoms with Gasteiger partial charge in [-0.05, 0) is 26.0 Å². The van der Waals surface area contributed by atoms with Gasteiger partial charge in [0.2, 0.25) is 5.91 Å². The van der Waals surface area contributed by atoms with Crippen molar-refractivity contribution >= 4 is 40.9 Å². The average molecular weight is 368 g/mol. The molecule has 0 saturated carbocycles. The smallest absolute Gasteiger partial charge is 0.281 e. The number of thioether (sulfide) groups is 1. The minimum Gasteiger partial charge on any atom is -0.495 e. The van der Waals surface area contributed by atoms with E-state index in [1.54, 1.807) is 19.2 Å². The summed E-state index contributed by atoms with van der Waals surface area (Å²) < 4.78 is 5.24. The predicted molar refractivity (Wildman–Crippen MR) is 93.9 cm³/mol. The van der Waals surface area contributed by atoms with Gasteiger partial charge >= 0.3 is 0 Å². The molecule has 0 saturated heterocycles. The van der Waals surface area contributed by atoms with Crippen LogP contribution in [0.3, 0.4) is 0 Å². The molecule has 2 aliphatic heterocycles. The van der Waals surface area contributed by atoms with E-state index in [0.717, 1.165) is 16.3 Å². The lowest BCUT2D eigenvalue weighted by Gasteiger charge is -2.44. The third kappa shape index (κ3) is 2.82. The molecule has 6 nitrogen and oxygen atoms in total. The van der Waals surface area contributed by atoms with Crippen LogP contribution in [0.15, 0.2) is 27.6 Å². The van der Waals surface area contributed by atoms with E-state index in [4.69, 9.17) is 16.3 Å². The zero-order valence-corrected chi connectivity index (χ0v) is 15.4. The molecule has 8 heteroatoms. The van der Waals surface area contributed by atoms with Crippen molar-refractivity contribution in [3.63, 3.8) is 0 Å². The number of carbonyl (C=O) groups excluding carboxylic acids is 2. The molecule has 0 radical (unpaired) electrons. The minimum absolute atomic E-state index is 0.228. The molecule has 1 aromatic carbocycles. The Labute approximate surface area is 149 Å². The highest BCUT2D eigenvalue weighted by Crippen LogP contribution is 2.48. The average Bonchev–Trinajstić information content (AvgIpc) is 2.49. The van der Waals surface area contributed by atoms with Gasteiger partial charge in [-0.3, -0.25) is 15.0 Å². The van der Waals surface area contributed by atoms with Gasteiger partial charge in [0.15, 0.2) is 0 Å². The number of ether oxygens (including phenoxy) is 1. The summed E-state index contributed by atoms with van der Waals surface area (Å²) in [6.45, 7) is 5.21. The van der Waals surface area contributed by atoms with Gasteiger partial charge in [-0.2, -0.15) is 0 Å². The first-order valence-electron chi connectivity index (χ1n) is 7.40. The Bertz CT molecular complexity index is 776. The molecule has 3 rings (SSSR count). The SMILES string of the molecule is COc1cc2c(cc1Cl)NC1=C(S2)C(=O)N(NC(C)=O)C(C)(C)C1. The van der Waals surface area contributed by atoms with Crippen molar-refractivity contribution < 1.29 is 14.3 Å². The summed E-state index contributed by atoms with van der Waals surface area (Å²) >= 11 is 7.54. The number of carbonyl (C=O) groups is 2. The molecule has 0 aromatic heterocycles. The van der Waals surface area contributed by atoms with E-state index >= 15 is 0 Å². The van der Waals surface area contributed by atoms with E-state index in [0.29, 0.717) is 22.1 Å². The van der Waals surface area contributed by atoms with Crippen LogP contribution >= 0.6 is 23.4 Å². The van der Waals surface area contributed by atoms with E-state index in [-0.39, 0.29) is 11.8 Å². The molecule has 24 heavy (non-hydrogen) atoms.